The minimum absolute atomic E-state index is 0.722. The predicted octanol–water partition coefficient (Wildman–Crippen LogP) is 1.72. The van der Waals surface area contributed by atoms with Crippen LogP contribution in [-0.4, -0.2) is 9.97 Å². The summed E-state index contributed by atoms with van der Waals surface area (Å²) in [5, 5.41) is 0. The van der Waals surface area contributed by atoms with Crippen molar-refractivity contribution in [3.05, 3.63) is 23.8 Å². The molecule has 1 aliphatic carbocycles. The molecule has 11 heavy (non-hydrogen) atoms. The second-order valence-electron chi connectivity index (χ2n) is 3.01. The van der Waals surface area contributed by atoms with Gasteiger partial charge in [0.1, 0.15) is 0 Å². The minimum Gasteiger partial charge on any atom is -0.230 e. The van der Waals surface area contributed by atoms with Gasteiger partial charge in [0, 0.05) is 17.3 Å². The smallest absolute Gasteiger partial charge is 0.198 e. The van der Waals surface area contributed by atoms with E-state index >= 15 is 0 Å². The van der Waals surface area contributed by atoms with Gasteiger partial charge in [-0.1, -0.05) is 6.92 Å². The van der Waals surface area contributed by atoms with E-state index in [-0.39, 0.29) is 0 Å². The van der Waals surface area contributed by atoms with Crippen molar-refractivity contribution in [1.29, 1.82) is 0 Å². The molecule has 1 radical (unpaired) electrons. The number of aromatic nitrogens is 2. The maximum absolute atomic E-state index is 4.11. The molecule has 1 heterocycles. The quantitative estimate of drug-likeness (QED) is 0.636. The Morgan fingerprint density at radius 3 is 3.00 bits per heavy atom. The van der Waals surface area contributed by atoms with Gasteiger partial charge >= 0.3 is 0 Å². The summed E-state index contributed by atoms with van der Waals surface area (Å²) in [6, 6.07) is 2.11. The van der Waals surface area contributed by atoms with E-state index in [4.69, 9.17) is 0 Å². The van der Waals surface area contributed by atoms with Gasteiger partial charge in [0.25, 0.3) is 0 Å². The standard InChI is InChI=1S/C9H11N2/c1-2-8-5-9(7-3-4-7)11-6-10-8/h5,7H,2-4H2,1H3. The molecule has 0 atom stereocenters. The minimum atomic E-state index is 0.722. The Morgan fingerprint density at radius 2 is 2.36 bits per heavy atom. The normalized spacial score (nSPS) is 16.8. The summed E-state index contributed by atoms with van der Waals surface area (Å²) < 4.78 is 0. The molecular weight excluding hydrogens is 136 g/mol. The molecule has 0 bridgehead atoms. The van der Waals surface area contributed by atoms with Crippen molar-refractivity contribution in [3.63, 3.8) is 0 Å². The molecule has 2 nitrogen and oxygen atoms in total. The zero-order chi connectivity index (χ0) is 7.68. The Bertz CT molecular complexity index is 253. The molecule has 1 saturated carbocycles. The van der Waals surface area contributed by atoms with E-state index in [1.54, 1.807) is 0 Å². The molecule has 1 aliphatic rings. The van der Waals surface area contributed by atoms with E-state index in [9.17, 15) is 0 Å². The van der Waals surface area contributed by atoms with Gasteiger partial charge in [0.2, 0.25) is 0 Å². The van der Waals surface area contributed by atoms with Crippen LogP contribution in [0.25, 0.3) is 0 Å². The van der Waals surface area contributed by atoms with Gasteiger partial charge in [-0.3, -0.25) is 0 Å². The van der Waals surface area contributed by atoms with Gasteiger partial charge in [-0.15, -0.1) is 0 Å². The number of hydrogen-bond acceptors (Lipinski definition) is 2. The van der Waals surface area contributed by atoms with Gasteiger partial charge in [-0.25, -0.2) is 9.97 Å². The third-order valence-corrected chi connectivity index (χ3v) is 2.05. The summed E-state index contributed by atoms with van der Waals surface area (Å²) >= 11 is 0. The van der Waals surface area contributed by atoms with Gasteiger partial charge < -0.3 is 0 Å². The fourth-order valence-corrected chi connectivity index (χ4v) is 1.15. The Balaban J connectivity index is 2.26. The van der Waals surface area contributed by atoms with E-state index in [0.29, 0.717) is 0 Å². The first-order chi connectivity index (χ1) is 5.40. The molecule has 0 spiro atoms. The van der Waals surface area contributed by atoms with E-state index in [1.165, 1.54) is 18.5 Å². The van der Waals surface area contributed by atoms with Crippen molar-refractivity contribution in [2.75, 3.05) is 0 Å². The lowest BCUT2D eigenvalue weighted by molar-refractivity contribution is 0.921. The SMILES string of the molecule is CCc1cc(C2CC2)n[c]n1. The summed E-state index contributed by atoms with van der Waals surface area (Å²) in [7, 11) is 0. The number of hydrogen-bond donors (Lipinski definition) is 0. The van der Waals surface area contributed by atoms with Crippen LogP contribution >= 0.6 is 0 Å². The topological polar surface area (TPSA) is 25.8 Å². The second-order valence-corrected chi connectivity index (χ2v) is 3.01. The lowest BCUT2D eigenvalue weighted by Gasteiger charge is -1.97. The lowest BCUT2D eigenvalue weighted by Crippen LogP contribution is -1.93. The highest BCUT2D eigenvalue weighted by Gasteiger charge is 2.24. The highest BCUT2D eigenvalue weighted by atomic mass is 14.8. The lowest BCUT2D eigenvalue weighted by atomic mass is 10.2. The van der Waals surface area contributed by atoms with Crippen molar-refractivity contribution in [2.45, 2.75) is 32.1 Å². The van der Waals surface area contributed by atoms with Crippen molar-refractivity contribution in [3.8, 4) is 0 Å². The second kappa shape index (κ2) is 2.61. The maximum atomic E-state index is 4.11. The third-order valence-electron chi connectivity index (χ3n) is 2.05. The van der Waals surface area contributed by atoms with Crippen molar-refractivity contribution in [1.82, 2.24) is 9.97 Å². The van der Waals surface area contributed by atoms with Crippen LogP contribution in [0.2, 0.25) is 0 Å². The van der Waals surface area contributed by atoms with Crippen LogP contribution in [0.5, 0.6) is 0 Å². The van der Waals surface area contributed by atoms with Gasteiger partial charge in [0.15, 0.2) is 6.33 Å². The molecule has 1 aromatic rings. The Morgan fingerprint density at radius 1 is 1.55 bits per heavy atom. The zero-order valence-electron chi connectivity index (χ0n) is 6.67. The predicted molar refractivity (Wildman–Crippen MR) is 42.2 cm³/mol. The molecule has 57 valence electrons. The Labute approximate surface area is 66.7 Å². The van der Waals surface area contributed by atoms with Crippen LogP contribution < -0.4 is 0 Å². The number of rotatable bonds is 2. The largest absolute Gasteiger partial charge is 0.230 e. The van der Waals surface area contributed by atoms with Crippen molar-refractivity contribution in [2.24, 2.45) is 0 Å². The van der Waals surface area contributed by atoms with Crippen molar-refractivity contribution >= 4 is 0 Å². The molecular formula is C9H11N2. The highest BCUT2D eigenvalue weighted by Crippen LogP contribution is 2.38. The first-order valence-corrected chi connectivity index (χ1v) is 4.14. The molecule has 2 rings (SSSR count). The van der Waals surface area contributed by atoms with E-state index in [1.807, 2.05) is 0 Å². The van der Waals surface area contributed by atoms with Gasteiger partial charge in [-0.05, 0) is 25.3 Å². The van der Waals surface area contributed by atoms with Gasteiger partial charge in [0.05, 0.1) is 0 Å². The summed E-state index contributed by atoms with van der Waals surface area (Å²) in [4.78, 5) is 8.15. The van der Waals surface area contributed by atoms with Crippen LogP contribution in [0, 0.1) is 6.33 Å². The van der Waals surface area contributed by atoms with Crippen LogP contribution in [-0.2, 0) is 6.42 Å². The molecule has 2 heteroatoms. The average Bonchev–Trinajstić information content (AvgIpc) is 2.87. The number of aryl methyl sites for hydroxylation is 1. The molecule has 0 aromatic carbocycles. The van der Waals surface area contributed by atoms with Crippen LogP contribution in [0.3, 0.4) is 0 Å². The summed E-state index contributed by atoms with van der Waals surface area (Å²) in [5.74, 6) is 0.722. The van der Waals surface area contributed by atoms with Crippen molar-refractivity contribution < 1.29 is 0 Å². The van der Waals surface area contributed by atoms with Crippen LogP contribution in [0.15, 0.2) is 6.07 Å². The first kappa shape index (κ1) is 6.77. The molecule has 1 fully saturated rings. The average molecular weight is 147 g/mol. The Kier molecular flexibility index (Phi) is 1.60. The molecule has 0 N–H and O–H groups in total. The molecule has 0 saturated heterocycles. The monoisotopic (exact) mass is 147 g/mol. The molecule has 0 unspecified atom stereocenters. The fraction of sp³-hybridized carbons (Fsp3) is 0.556. The van der Waals surface area contributed by atoms with Crippen LogP contribution in [0.4, 0.5) is 0 Å². The summed E-state index contributed by atoms with van der Waals surface area (Å²) in [6.07, 6.45) is 6.29. The van der Waals surface area contributed by atoms with E-state index in [0.717, 1.165) is 18.0 Å². The zero-order valence-corrected chi connectivity index (χ0v) is 6.67. The molecule has 0 aliphatic heterocycles. The summed E-state index contributed by atoms with van der Waals surface area (Å²) in [5.41, 5.74) is 2.30. The Hall–Kier alpha value is -0.920. The molecule has 1 aromatic heterocycles. The van der Waals surface area contributed by atoms with E-state index in [2.05, 4.69) is 29.3 Å². The fourth-order valence-electron chi connectivity index (χ4n) is 1.15. The van der Waals surface area contributed by atoms with Crippen LogP contribution in [0.1, 0.15) is 37.1 Å². The maximum Gasteiger partial charge on any atom is 0.198 e. The highest BCUT2D eigenvalue weighted by molar-refractivity contribution is 5.16. The van der Waals surface area contributed by atoms with Gasteiger partial charge in [-0.2, -0.15) is 0 Å². The molecule has 0 amide bonds. The summed E-state index contributed by atoms with van der Waals surface area (Å²) in [6.45, 7) is 2.10. The van der Waals surface area contributed by atoms with E-state index < -0.39 is 0 Å². The third kappa shape index (κ3) is 1.39. The first-order valence-electron chi connectivity index (χ1n) is 4.14. The number of nitrogens with zero attached hydrogens (tertiary/aromatic N) is 2.